The first-order chi connectivity index (χ1) is 9.70. The lowest BCUT2D eigenvalue weighted by Gasteiger charge is -2.38. The molecule has 0 aromatic carbocycles. The monoisotopic (exact) mass is 279 g/mol. The zero-order valence-corrected chi connectivity index (χ0v) is 12.1. The van der Waals surface area contributed by atoms with Gasteiger partial charge in [-0.15, -0.1) is 0 Å². The summed E-state index contributed by atoms with van der Waals surface area (Å²) in [4.78, 5) is 16.3. The lowest BCUT2D eigenvalue weighted by atomic mass is 10.1. The van der Waals surface area contributed by atoms with Crippen LogP contribution in [-0.4, -0.2) is 53.1 Å². The van der Waals surface area contributed by atoms with Crippen molar-refractivity contribution in [3.8, 4) is 0 Å². The van der Waals surface area contributed by atoms with Crippen LogP contribution in [0.15, 0.2) is 4.52 Å². The highest BCUT2D eigenvalue weighted by molar-refractivity contribution is 5.82. The van der Waals surface area contributed by atoms with E-state index in [1.807, 2.05) is 18.7 Å². The van der Waals surface area contributed by atoms with Gasteiger partial charge in [0.2, 0.25) is 5.91 Å². The number of amides is 1. The van der Waals surface area contributed by atoms with Crippen molar-refractivity contribution in [3.63, 3.8) is 0 Å². The smallest absolute Gasteiger partial charge is 0.239 e. The number of likely N-dealkylation sites (N-methyl/N-ethyl adjacent to an activating group) is 1. The molecule has 1 aromatic heterocycles. The maximum atomic E-state index is 12.2. The van der Waals surface area contributed by atoms with E-state index >= 15 is 0 Å². The van der Waals surface area contributed by atoms with Crippen LogP contribution in [-0.2, 0) is 29.1 Å². The molecule has 1 atom stereocenters. The number of aromatic nitrogens is 1. The molecule has 20 heavy (non-hydrogen) atoms. The summed E-state index contributed by atoms with van der Waals surface area (Å²) < 4.78 is 10.9. The predicted octanol–water partition coefficient (Wildman–Crippen LogP) is 0.800. The number of hydrogen-bond acceptors (Lipinski definition) is 5. The molecule has 1 unspecified atom stereocenters. The highest BCUT2D eigenvalue weighted by Crippen LogP contribution is 2.23. The Morgan fingerprint density at radius 1 is 1.40 bits per heavy atom. The van der Waals surface area contributed by atoms with E-state index in [1.165, 1.54) is 0 Å². The Morgan fingerprint density at radius 2 is 2.25 bits per heavy atom. The third kappa shape index (κ3) is 2.33. The molecule has 3 heterocycles. The number of hydrogen-bond donors (Lipinski definition) is 0. The van der Waals surface area contributed by atoms with Crippen molar-refractivity contribution in [2.75, 3.05) is 26.2 Å². The van der Waals surface area contributed by atoms with Gasteiger partial charge in [-0.3, -0.25) is 9.69 Å². The molecular formula is C14H21N3O3. The number of nitrogens with zero attached hydrogens (tertiary/aromatic N) is 3. The second-order valence-corrected chi connectivity index (χ2v) is 5.40. The van der Waals surface area contributed by atoms with Crippen LogP contribution in [0.3, 0.4) is 0 Å². The molecule has 0 N–H and O–H groups in total. The minimum atomic E-state index is -0.0967. The van der Waals surface area contributed by atoms with Gasteiger partial charge in [0, 0.05) is 38.2 Å². The summed E-state index contributed by atoms with van der Waals surface area (Å²) in [7, 11) is 0. The second-order valence-electron chi connectivity index (χ2n) is 5.40. The summed E-state index contributed by atoms with van der Waals surface area (Å²) in [6.07, 6.45) is 0.792. The molecule has 6 nitrogen and oxygen atoms in total. The van der Waals surface area contributed by atoms with Crippen LogP contribution < -0.4 is 0 Å². The lowest BCUT2D eigenvalue weighted by molar-refractivity contribution is -0.141. The van der Waals surface area contributed by atoms with E-state index in [4.69, 9.17) is 9.26 Å². The molecule has 2 aliphatic rings. The van der Waals surface area contributed by atoms with Crippen molar-refractivity contribution in [3.05, 3.63) is 17.0 Å². The van der Waals surface area contributed by atoms with Gasteiger partial charge in [0.25, 0.3) is 0 Å². The molecule has 1 aromatic rings. The first-order valence-electron chi connectivity index (χ1n) is 7.27. The van der Waals surface area contributed by atoms with Gasteiger partial charge >= 0.3 is 0 Å². The van der Waals surface area contributed by atoms with Crippen LogP contribution in [0.1, 0.15) is 30.9 Å². The number of carbonyl (C=O) groups excluding carboxylic acids is 1. The summed E-state index contributed by atoms with van der Waals surface area (Å²) >= 11 is 0. The van der Waals surface area contributed by atoms with E-state index in [0.717, 1.165) is 43.1 Å². The lowest BCUT2D eigenvalue weighted by Crippen LogP contribution is -2.55. The zero-order valence-electron chi connectivity index (χ0n) is 12.1. The van der Waals surface area contributed by atoms with Crippen molar-refractivity contribution in [1.82, 2.24) is 15.0 Å². The van der Waals surface area contributed by atoms with E-state index in [2.05, 4.69) is 10.1 Å². The Balaban J connectivity index is 1.72. The van der Waals surface area contributed by atoms with Crippen LogP contribution in [0, 0.1) is 0 Å². The Bertz CT molecular complexity index is 500. The number of piperazine rings is 1. The molecule has 0 radical (unpaired) electrons. The largest absolute Gasteiger partial charge is 0.376 e. The van der Waals surface area contributed by atoms with Crippen molar-refractivity contribution in [2.24, 2.45) is 0 Å². The quantitative estimate of drug-likeness (QED) is 0.819. The van der Waals surface area contributed by atoms with E-state index < -0.39 is 0 Å². The summed E-state index contributed by atoms with van der Waals surface area (Å²) in [6, 6.07) is -0.0967. The molecule has 0 bridgehead atoms. The van der Waals surface area contributed by atoms with Gasteiger partial charge in [-0.25, -0.2) is 0 Å². The topological polar surface area (TPSA) is 58.8 Å². The van der Waals surface area contributed by atoms with Gasteiger partial charge in [0.05, 0.1) is 19.3 Å². The number of rotatable bonds is 3. The average Bonchev–Trinajstić information content (AvgIpc) is 2.88. The average molecular weight is 279 g/mol. The van der Waals surface area contributed by atoms with E-state index in [0.29, 0.717) is 19.8 Å². The number of carbonyl (C=O) groups is 1. The molecule has 1 amide bonds. The van der Waals surface area contributed by atoms with Gasteiger partial charge in [0.15, 0.2) is 0 Å². The van der Waals surface area contributed by atoms with Gasteiger partial charge in [-0.05, 0) is 13.8 Å². The molecule has 1 saturated heterocycles. The van der Waals surface area contributed by atoms with Gasteiger partial charge in [0.1, 0.15) is 11.5 Å². The minimum Gasteiger partial charge on any atom is -0.376 e. The maximum absolute atomic E-state index is 12.2. The van der Waals surface area contributed by atoms with E-state index in [-0.39, 0.29) is 11.9 Å². The van der Waals surface area contributed by atoms with Gasteiger partial charge in [-0.1, -0.05) is 5.16 Å². The number of fused-ring (bicyclic) bond motifs is 1. The molecule has 0 saturated carbocycles. The van der Waals surface area contributed by atoms with Gasteiger partial charge < -0.3 is 14.2 Å². The summed E-state index contributed by atoms with van der Waals surface area (Å²) in [5.41, 5.74) is 2.00. The third-order valence-electron chi connectivity index (χ3n) is 4.28. The fraction of sp³-hybridized carbons (Fsp3) is 0.714. The Hall–Kier alpha value is -1.40. The van der Waals surface area contributed by atoms with Crippen molar-refractivity contribution in [2.45, 2.75) is 39.5 Å². The highest BCUT2D eigenvalue weighted by Gasteiger charge is 2.32. The van der Waals surface area contributed by atoms with Crippen molar-refractivity contribution >= 4 is 5.91 Å². The van der Waals surface area contributed by atoms with E-state index in [9.17, 15) is 4.79 Å². The number of ether oxygens (including phenoxy) is 1. The molecule has 6 heteroatoms. The van der Waals surface area contributed by atoms with Crippen LogP contribution >= 0.6 is 0 Å². The van der Waals surface area contributed by atoms with Crippen molar-refractivity contribution < 1.29 is 14.1 Å². The summed E-state index contributed by atoms with van der Waals surface area (Å²) in [6.45, 7) is 8.37. The maximum Gasteiger partial charge on any atom is 0.239 e. The second kappa shape index (κ2) is 5.54. The standard InChI is InChI=1S/C14H21N3O3/c1-3-16-5-6-17(10(2)14(16)18)8-12-11-9-19-7-4-13(11)20-15-12/h10H,3-9H2,1-2H3. The molecular weight excluding hydrogens is 258 g/mol. The summed E-state index contributed by atoms with van der Waals surface area (Å²) in [5, 5.41) is 4.17. The minimum absolute atomic E-state index is 0.0967. The molecule has 0 aliphatic carbocycles. The highest BCUT2D eigenvalue weighted by atomic mass is 16.5. The predicted molar refractivity (Wildman–Crippen MR) is 72.0 cm³/mol. The third-order valence-corrected chi connectivity index (χ3v) is 4.28. The fourth-order valence-electron chi connectivity index (χ4n) is 2.90. The van der Waals surface area contributed by atoms with E-state index in [1.54, 1.807) is 0 Å². The van der Waals surface area contributed by atoms with Crippen molar-refractivity contribution in [1.29, 1.82) is 0 Å². The molecule has 1 fully saturated rings. The Labute approximate surface area is 118 Å². The van der Waals surface area contributed by atoms with Gasteiger partial charge in [-0.2, -0.15) is 0 Å². The van der Waals surface area contributed by atoms with Crippen LogP contribution in [0.4, 0.5) is 0 Å². The molecule has 110 valence electrons. The van der Waals surface area contributed by atoms with Crippen LogP contribution in [0.5, 0.6) is 0 Å². The zero-order chi connectivity index (χ0) is 14.1. The molecule has 0 spiro atoms. The van der Waals surface area contributed by atoms with Crippen LogP contribution in [0.25, 0.3) is 0 Å². The fourth-order valence-corrected chi connectivity index (χ4v) is 2.90. The molecule has 2 aliphatic heterocycles. The Morgan fingerprint density at radius 3 is 3.05 bits per heavy atom. The van der Waals surface area contributed by atoms with Crippen LogP contribution in [0.2, 0.25) is 0 Å². The SMILES string of the molecule is CCN1CCN(Cc2noc3c2COCC3)C(C)C1=O. The first-order valence-corrected chi connectivity index (χ1v) is 7.27. The first kappa shape index (κ1) is 13.6. The Kier molecular flexibility index (Phi) is 3.76. The normalized spacial score (nSPS) is 24.0. The summed E-state index contributed by atoms with van der Waals surface area (Å²) in [5.74, 6) is 1.14. The molecule has 3 rings (SSSR count).